The van der Waals surface area contributed by atoms with E-state index in [2.05, 4.69) is 0 Å². The van der Waals surface area contributed by atoms with Crippen molar-refractivity contribution in [1.82, 2.24) is 0 Å². The van der Waals surface area contributed by atoms with Crippen molar-refractivity contribution in [2.45, 2.75) is 18.2 Å². The number of hydrogen-bond acceptors (Lipinski definition) is 4. The normalized spacial score (nSPS) is 19.6. The van der Waals surface area contributed by atoms with Gasteiger partial charge in [-0.2, -0.15) is 0 Å². The lowest BCUT2D eigenvalue weighted by Crippen LogP contribution is -2.28. The fourth-order valence-corrected chi connectivity index (χ4v) is 3.46. The molecule has 2 N–H and O–H groups in total. The Labute approximate surface area is 113 Å². The van der Waals surface area contributed by atoms with E-state index in [9.17, 15) is 13.2 Å². The molecule has 1 amide bonds. The second kappa shape index (κ2) is 5.21. The van der Waals surface area contributed by atoms with E-state index in [-0.39, 0.29) is 17.6 Å². The van der Waals surface area contributed by atoms with Crippen LogP contribution in [0.5, 0.6) is 0 Å². The van der Waals surface area contributed by atoms with Gasteiger partial charge in [0.05, 0.1) is 22.3 Å². The van der Waals surface area contributed by atoms with Crippen molar-refractivity contribution >= 4 is 21.4 Å². The zero-order chi connectivity index (χ0) is 14.0. The smallest absolute Gasteiger partial charge is 0.222 e. The number of anilines is 1. The summed E-state index contributed by atoms with van der Waals surface area (Å²) in [5.41, 5.74) is 5.98. The highest BCUT2D eigenvalue weighted by molar-refractivity contribution is 7.91. The number of carbonyl (C=O) groups excluding carboxylic acids is 1. The highest BCUT2D eigenvalue weighted by atomic mass is 32.2. The largest absolute Gasteiger partial charge is 0.370 e. The summed E-state index contributed by atoms with van der Waals surface area (Å²) in [5.74, 6) is -0.451. The van der Waals surface area contributed by atoms with Gasteiger partial charge in [-0.3, -0.25) is 4.79 Å². The number of hydrogen-bond donors (Lipinski definition) is 1. The van der Waals surface area contributed by atoms with Crippen LogP contribution < -0.4 is 10.6 Å². The van der Waals surface area contributed by atoms with E-state index in [1.165, 1.54) is 0 Å². The molecule has 1 heterocycles. The van der Waals surface area contributed by atoms with Gasteiger partial charge in [-0.25, -0.2) is 8.42 Å². The van der Waals surface area contributed by atoms with Crippen LogP contribution in [0.1, 0.15) is 13.3 Å². The third-order valence-electron chi connectivity index (χ3n) is 3.51. The Kier molecular flexibility index (Phi) is 3.80. The van der Waals surface area contributed by atoms with Crippen LogP contribution in [0.4, 0.5) is 5.69 Å². The molecule has 0 radical (unpaired) electrons. The maximum Gasteiger partial charge on any atom is 0.222 e. The van der Waals surface area contributed by atoms with Crippen molar-refractivity contribution < 1.29 is 13.2 Å². The van der Waals surface area contributed by atoms with Gasteiger partial charge in [-0.15, -0.1) is 0 Å². The average molecular weight is 282 g/mol. The zero-order valence-electron chi connectivity index (χ0n) is 10.9. The SMILES string of the molecule is CCS(=O)(=O)c1ccccc1N1CC[C@H](C(N)=O)C1. The van der Waals surface area contributed by atoms with Gasteiger partial charge in [0.1, 0.15) is 0 Å². The van der Waals surface area contributed by atoms with E-state index in [0.29, 0.717) is 30.1 Å². The molecule has 1 atom stereocenters. The van der Waals surface area contributed by atoms with Crippen LogP contribution in [-0.2, 0) is 14.6 Å². The molecule has 1 aromatic carbocycles. The molecule has 6 heteroatoms. The molecule has 0 saturated carbocycles. The van der Waals surface area contributed by atoms with E-state index in [0.717, 1.165) is 0 Å². The summed E-state index contributed by atoms with van der Waals surface area (Å²) in [6.07, 6.45) is 0.676. The fraction of sp³-hybridized carbons (Fsp3) is 0.462. The summed E-state index contributed by atoms with van der Waals surface area (Å²) in [5, 5.41) is 0. The minimum atomic E-state index is -3.26. The first-order valence-corrected chi connectivity index (χ1v) is 7.97. The summed E-state index contributed by atoms with van der Waals surface area (Å²) >= 11 is 0. The van der Waals surface area contributed by atoms with Gasteiger partial charge in [0.15, 0.2) is 9.84 Å². The summed E-state index contributed by atoms with van der Waals surface area (Å²) < 4.78 is 24.2. The molecule has 0 bridgehead atoms. The summed E-state index contributed by atoms with van der Waals surface area (Å²) in [7, 11) is -3.26. The number of sulfone groups is 1. The van der Waals surface area contributed by atoms with Gasteiger partial charge < -0.3 is 10.6 Å². The lowest BCUT2D eigenvalue weighted by molar-refractivity contribution is -0.121. The Balaban J connectivity index is 2.35. The first-order chi connectivity index (χ1) is 8.95. The second-order valence-corrected chi connectivity index (χ2v) is 6.95. The van der Waals surface area contributed by atoms with Crippen molar-refractivity contribution in [1.29, 1.82) is 0 Å². The predicted molar refractivity (Wildman–Crippen MR) is 73.7 cm³/mol. The number of nitrogens with two attached hydrogens (primary N) is 1. The Bertz CT molecular complexity index is 583. The van der Waals surface area contributed by atoms with Gasteiger partial charge in [0.25, 0.3) is 0 Å². The molecule has 0 unspecified atom stereocenters. The lowest BCUT2D eigenvalue weighted by atomic mass is 10.1. The fourth-order valence-electron chi connectivity index (χ4n) is 2.35. The molecule has 104 valence electrons. The second-order valence-electron chi connectivity index (χ2n) is 4.71. The molecule has 19 heavy (non-hydrogen) atoms. The van der Waals surface area contributed by atoms with Crippen molar-refractivity contribution in [3.63, 3.8) is 0 Å². The van der Waals surface area contributed by atoms with Crippen LogP contribution in [0, 0.1) is 5.92 Å². The van der Waals surface area contributed by atoms with Gasteiger partial charge in [0, 0.05) is 13.1 Å². The summed E-state index contributed by atoms with van der Waals surface area (Å²) in [6.45, 7) is 2.78. The molecule has 1 aliphatic heterocycles. The Morgan fingerprint density at radius 1 is 1.42 bits per heavy atom. The number of benzene rings is 1. The Morgan fingerprint density at radius 3 is 2.68 bits per heavy atom. The first-order valence-electron chi connectivity index (χ1n) is 6.31. The zero-order valence-corrected chi connectivity index (χ0v) is 11.7. The monoisotopic (exact) mass is 282 g/mol. The molecule has 1 saturated heterocycles. The molecule has 1 aliphatic rings. The quantitative estimate of drug-likeness (QED) is 0.885. The van der Waals surface area contributed by atoms with E-state index in [1.807, 2.05) is 11.0 Å². The van der Waals surface area contributed by atoms with Crippen molar-refractivity contribution in [3.05, 3.63) is 24.3 Å². The van der Waals surface area contributed by atoms with Gasteiger partial charge in [-0.1, -0.05) is 19.1 Å². The standard InChI is InChI=1S/C13H18N2O3S/c1-2-19(17,18)12-6-4-3-5-11(12)15-8-7-10(9-15)13(14)16/h3-6,10H,2,7-9H2,1H3,(H2,14,16)/t10-/m0/s1. The first kappa shape index (κ1) is 13.9. The number of carbonyl (C=O) groups is 1. The Morgan fingerprint density at radius 2 is 2.11 bits per heavy atom. The van der Waals surface area contributed by atoms with E-state index < -0.39 is 9.84 Å². The van der Waals surface area contributed by atoms with E-state index in [1.54, 1.807) is 25.1 Å². The average Bonchev–Trinajstić information content (AvgIpc) is 2.88. The molecule has 5 nitrogen and oxygen atoms in total. The van der Waals surface area contributed by atoms with Crippen molar-refractivity contribution in [3.8, 4) is 0 Å². The lowest BCUT2D eigenvalue weighted by Gasteiger charge is -2.21. The molecular formula is C13H18N2O3S. The maximum absolute atomic E-state index is 12.1. The van der Waals surface area contributed by atoms with Crippen molar-refractivity contribution in [2.24, 2.45) is 11.7 Å². The molecule has 1 fully saturated rings. The van der Waals surface area contributed by atoms with Gasteiger partial charge in [0.2, 0.25) is 5.91 Å². The number of nitrogens with zero attached hydrogens (tertiary/aromatic N) is 1. The molecule has 2 rings (SSSR count). The molecule has 1 aromatic rings. The number of rotatable bonds is 4. The third-order valence-corrected chi connectivity index (χ3v) is 5.29. The van der Waals surface area contributed by atoms with Crippen molar-refractivity contribution in [2.75, 3.05) is 23.7 Å². The Hall–Kier alpha value is -1.56. The highest BCUT2D eigenvalue weighted by Crippen LogP contribution is 2.30. The van der Waals surface area contributed by atoms with Crippen LogP contribution in [-0.4, -0.2) is 33.2 Å². The topological polar surface area (TPSA) is 80.5 Å². The van der Waals surface area contributed by atoms with Crippen LogP contribution in [0.3, 0.4) is 0 Å². The van der Waals surface area contributed by atoms with Crippen LogP contribution in [0.25, 0.3) is 0 Å². The van der Waals surface area contributed by atoms with E-state index >= 15 is 0 Å². The minimum Gasteiger partial charge on any atom is -0.370 e. The number of amides is 1. The van der Waals surface area contributed by atoms with Crippen LogP contribution in [0.2, 0.25) is 0 Å². The summed E-state index contributed by atoms with van der Waals surface area (Å²) in [4.78, 5) is 13.5. The number of para-hydroxylation sites is 1. The minimum absolute atomic E-state index is 0.0666. The van der Waals surface area contributed by atoms with E-state index in [4.69, 9.17) is 5.73 Å². The molecule has 0 aliphatic carbocycles. The predicted octanol–water partition coefficient (Wildman–Crippen LogP) is 0.792. The number of primary amides is 1. The molecular weight excluding hydrogens is 264 g/mol. The maximum atomic E-state index is 12.1. The van der Waals surface area contributed by atoms with Crippen LogP contribution >= 0.6 is 0 Å². The third kappa shape index (κ3) is 2.73. The molecule has 0 aromatic heterocycles. The van der Waals surface area contributed by atoms with Gasteiger partial charge in [-0.05, 0) is 18.6 Å². The molecule has 0 spiro atoms. The van der Waals surface area contributed by atoms with Gasteiger partial charge >= 0.3 is 0 Å². The summed E-state index contributed by atoms with van der Waals surface area (Å²) in [6, 6.07) is 6.92. The highest BCUT2D eigenvalue weighted by Gasteiger charge is 2.29. The van der Waals surface area contributed by atoms with Crippen LogP contribution in [0.15, 0.2) is 29.2 Å².